The Morgan fingerprint density at radius 3 is 1.11 bits per heavy atom. The van der Waals surface area contributed by atoms with Crippen LogP contribution in [-0.2, 0) is 85.0 Å². The van der Waals surface area contributed by atoms with Crippen LogP contribution < -0.4 is 62.5 Å². The normalized spacial score (nSPS) is 15.8. The summed E-state index contributed by atoms with van der Waals surface area (Å²) in [5.41, 5.74) is 21.0. The fourth-order valence-corrected chi connectivity index (χ4v) is 16.7. The van der Waals surface area contributed by atoms with E-state index in [-0.39, 0.29) is 112 Å². The van der Waals surface area contributed by atoms with Crippen LogP contribution in [0, 0.1) is 23.3 Å². The molecule has 12 rings (SSSR count). The molecule has 0 atom stereocenters. The minimum atomic E-state index is -3.49. The summed E-state index contributed by atoms with van der Waals surface area (Å²) in [4.78, 5) is 14.3. The molecule has 2 aromatic heterocycles. The van der Waals surface area contributed by atoms with Crippen LogP contribution >= 0.6 is 84.6 Å². The fourth-order valence-electron chi connectivity index (χ4n) is 12.0. The molecule has 10 N–H and O–H groups in total. The third kappa shape index (κ3) is 42.7. The van der Waals surface area contributed by atoms with Crippen LogP contribution in [0.2, 0.25) is 10.0 Å². The first-order valence-electron chi connectivity index (χ1n) is 44.4. The lowest BCUT2D eigenvalue weighted by molar-refractivity contribution is 0.00578. The van der Waals surface area contributed by atoms with Crippen LogP contribution in [0.15, 0.2) is 162 Å². The van der Waals surface area contributed by atoms with Gasteiger partial charge in [0, 0.05) is 104 Å². The lowest BCUT2D eigenvalue weighted by atomic mass is 9.79. The molecule has 4 aliphatic heterocycles. The number of benzene rings is 6. The highest BCUT2D eigenvalue weighted by Crippen LogP contribution is 2.40. The fraction of sp³-hybridized carbons (Fsp3) is 0.484. The van der Waals surface area contributed by atoms with E-state index in [1.807, 2.05) is 152 Å². The number of nitrogens with zero attached hydrogens (tertiary/aromatic N) is 5. The van der Waals surface area contributed by atoms with Crippen molar-refractivity contribution in [2.45, 2.75) is 179 Å². The average molecular weight is 2220 g/mol. The first-order valence-corrected chi connectivity index (χ1v) is 54.8. The Bertz CT molecular complexity index is 5580. The Morgan fingerprint density at radius 1 is 0.493 bits per heavy atom. The molecular formula is C93H136B3BrCl6F4N12O17S4. The summed E-state index contributed by atoms with van der Waals surface area (Å²) < 4.78 is 206. The number of hydrogen-bond donors (Lipinski definition) is 7. The Kier molecular flexibility index (Phi) is 53.8. The number of halogens is 11. The lowest BCUT2D eigenvalue weighted by Crippen LogP contribution is -2.41. The zero-order chi connectivity index (χ0) is 105. The van der Waals surface area contributed by atoms with E-state index in [2.05, 4.69) is 82.7 Å². The third-order valence-electron chi connectivity index (χ3n) is 22.5. The molecule has 0 amide bonds. The van der Waals surface area contributed by atoms with Gasteiger partial charge in [-0.2, -0.15) is 0 Å². The van der Waals surface area contributed by atoms with Crippen molar-refractivity contribution in [2.75, 3.05) is 146 Å². The molecule has 6 heterocycles. The molecule has 0 aliphatic carbocycles. The Hall–Kier alpha value is -6.75. The molecule has 47 heteroatoms. The van der Waals surface area contributed by atoms with Gasteiger partial charge in [-0.25, -0.2) is 61.2 Å². The Balaban J connectivity index is 0.000000433. The van der Waals surface area contributed by atoms with Gasteiger partial charge in [0.2, 0.25) is 29.1 Å². The van der Waals surface area contributed by atoms with Crippen molar-refractivity contribution >= 4 is 196 Å². The second-order valence-electron chi connectivity index (χ2n) is 34.2. The number of nitrogens with two attached hydrogens (primary N) is 3. The maximum Gasteiger partial charge on any atom is 0.494 e. The number of nitrogens with one attached hydrogen (secondary N) is 4. The second kappa shape index (κ2) is 59.2. The van der Waals surface area contributed by atoms with Gasteiger partial charge in [-0.15, -0.1) is 34.8 Å². The van der Waals surface area contributed by atoms with Crippen molar-refractivity contribution in [3.8, 4) is 22.6 Å². The van der Waals surface area contributed by atoms with Gasteiger partial charge in [0.05, 0.1) is 79.5 Å². The van der Waals surface area contributed by atoms with Gasteiger partial charge >= 0.3 is 21.4 Å². The highest BCUT2D eigenvalue weighted by atomic mass is 79.9. The van der Waals surface area contributed by atoms with Crippen LogP contribution in [0.25, 0.3) is 11.1 Å². The quantitative estimate of drug-likeness (QED) is 0.00530. The van der Waals surface area contributed by atoms with Crippen LogP contribution in [0.4, 0.5) is 51.9 Å². The van der Waals surface area contributed by atoms with E-state index in [4.69, 9.17) is 128 Å². The summed E-state index contributed by atoms with van der Waals surface area (Å²) in [6.07, 6.45) is 3.03. The van der Waals surface area contributed by atoms with Gasteiger partial charge in [0.1, 0.15) is 36.5 Å². The first-order chi connectivity index (χ1) is 64.8. The highest BCUT2D eigenvalue weighted by molar-refractivity contribution is 9.10. The van der Waals surface area contributed by atoms with Crippen LogP contribution in [0.1, 0.15) is 143 Å². The van der Waals surface area contributed by atoms with Crippen LogP contribution in [0.5, 0.6) is 11.5 Å². The van der Waals surface area contributed by atoms with E-state index in [0.29, 0.717) is 40.2 Å². The van der Waals surface area contributed by atoms with Gasteiger partial charge in [-0.1, -0.05) is 127 Å². The average Bonchev–Trinajstić information content (AvgIpc) is 1.64. The number of pyridine rings is 2. The molecule has 8 aromatic rings. The highest BCUT2D eigenvalue weighted by Gasteiger charge is 2.54. The Morgan fingerprint density at radius 2 is 0.814 bits per heavy atom. The largest absolute Gasteiger partial charge is 0.494 e. The van der Waals surface area contributed by atoms with Crippen LogP contribution in [-0.4, -0.2) is 227 Å². The van der Waals surface area contributed by atoms with E-state index < -0.39 is 99.0 Å². The molecule has 0 saturated carbocycles. The van der Waals surface area contributed by atoms with Gasteiger partial charge in [0.15, 0.2) is 23.1 Å². The molecule has 0 unspecified atom stereocenters. The summed E-state index contributed by atoms with van der Waals surface area (Å²) in [7, 11) is -8.06. The number of nitrogen functional groups attached to an aromatic ring is 3. The molecule has 6 aromatic carbocycles. The number of sulfonamides is 3. The van der Waals surface area contributed by atoms with Crippen molar-refractivity contribution in [2.24, 2.45) is 0 Å². The number of morpholine rings is 1. The SMILES string of the molecule is C.C=CS(=O)(=O)Nc1ccc(B2OC(C)(C)C(C)(C)O2)cc1.CC1(C)OB(c2ccc(N)cc2)OC1(C)C.CCN(CC)CCS(=O)(=O)Nc1ccc(-c2cnc(N)c(OCc3c(F)ccc(F)c3Cl)c2)cc1.CCN(CC)CCS(=O)(=O)Nc1ccc(B2OC(C)(C)C(C)(C)O2)cc1.CCNCC.CN1CCOCC1.ClCCl.Nc1ncc(Br)cc1OCc1c(F)ccc(F)c1Cl.O=S(=O)(Cl)CCCl. The summed E-state index contributed by atoms with van der Waals surface area (Å²) in [5.74, 6) is -2.18. The second-order valence-corrected chi connectivity index (χ2v) is 45.3. The summed E-state index contributed by atoms with van der Waals surface area (Å²) in [6.45, 7) is 49.5. The molecule has 4 aliphatic rings. The van der Waals surface area contributed by atoms with Crippen LogP contribution in [0.3, 0.4) is 0 Å². The Labute approximate surface area is 866 Å². The summed E-state index contributed by atoms with van der Waals surface area (Å²) in [5, 5.41) is 3.51. The molecule has 0 spiro atoms. The van der Waals surface area contributed by atoms with E-state index in [9.17, 15) is 51.2 Å². The van der Waals surface area contributed by atoms with E-state index >= 15 is 0 Å². The molecule has 4 saturated heterocycles. The predicted octanol–water partition coefficient (Wildman–Crippen LogP) is 17.8. The minimum absolute atomic E-state index is 0. The number of alkyl halides is 3. The first kappa shape index (κ1) is 127. The standard InChI is InChI=1S/C24H27ClF2N4O3S.C18H31BN2O4S.C14H20BNO4S.C12H18BNO2.C12H8BrClF2N2O.C5H11NO.C4H11N.C2H4Cl2O2S.CH2Cl2.CH4/c1-3-31(4-2)11-12-35(32,33)30-18-7-5-16(6-8-18)17-13-22(24(28)29-14-17)34-15-19-20(26)9-10-21(27)23(19)25;1-7-21(8-2)13-14-26(22,23)20-16-11-9-15(10-12-16)19-24-17(3,4)18(5,6)25-19;1-6-21(17,18)16-12-9-7-11(8-10-12)15-19-13(2,3)14(4,5)20-15;1-11(2)12(3,4)16-13(15-11)9-5-7-10(14)8-6-9;13-6-3-10(12(17)18-4-6)19-5-7-8(15)1-2-9(16)11(7)14;1-6-2-4-7-5-3-6;1-3-5-4-2;3-1-2-7(4,5)6;2-1-3;/h5-10,13-14,30H,3-4,11-12,15H2,1-2H3,(H2,28,29);9-12,20H,7-8,13-14H2,1-6H3;6-10,16H,1H2,2-5H3;5-8H,14H2,1-4H3;1-4H,5H2,(H2,17,18);2-5H2,1H3;5H,3-4H2,1-2H3;1-2H2;1H2;1H4. The molecule has 0 radical (unpaired) electrons. The monoisotopic (exact) mass is 2220 g/mol. The summed E-state index contributed by atoms with van der Waals surface area (Å²) in [6, 6.07) is 35.4. The molecule has 4 fully saturated rings. The number of rotatable bonds is 31. The van der Waals surface area contributed by atoms with E-state index in [0.717, 1.165) is 123 Å². The van der Waals surface area contributed by atoms with Crippen molar-refractivity contribution < 1.29 is 93.4 Å². The van der Waals surface area contributed by atoms with E-state index in [1.165, 1.54) is 12.4 Å². The number of likely N-dealkylation sites (N-methyl/N-ethyl adjacent to an activating group) is 1. The van der Waals surface area contributed by atoms with Crippen molar-refractivity contribution in [1.29, 1.82) is 0 Å². The number of ether oxygens (including phenoxy) is 3. The predicted molar refractivity (Wildman–Crippen MR) is 572 cm³/mol. The number of anilines is 6. The van der Waals surface area contributed by atoms with Crippen molar-refractivity contribution in [1.82, 2.24) is 30.0 Å². The molecule has 0 bridgehead atoms. The molecular weight excluding hydrogens is 2090 g/mol. The smallest absolute Gasteiger partial charge is 0.485 e. The topological polar surface area (TPSA) is 381 Å². The van der Waals surface area contributed by atoms with Gasteiger partial charge in [0.25, 0.3) is 10.0 Å². The summed E-state index contributed by atoms with van der Waals surface area (Å²) >= 11 is 29.3. The van der Waals surface area contributed by atoms with Gasteiger partial charge in [-0.05, 0) is 252 Å². The maximum absolute atomic E-state index is 14.0. The van der Waals surface area contributed by atoms with Gasteiger partial charge in [-0.3, -0.25) is 14.2 Å². The van der Waals surface area contributed by atoms with Crippen molar-refractivity contribution in [3.63, 3.8) is 0 Å². The minimum Gasteiger partial charge on any atom is -0.485 e. The maximum atomic E-state index is 14.0. The van der Waals surface area contributed by atoms with Crippen molar-refractivity contribution in [3.05, 3.63) is 207 Å². The van der Waals surface area contributed by atoms with E-state index in [1.54, 1.807) is 72.8 Å². The zero-order valence-corrected chi connectivity index (χ0v) is 91.4. The molecule has 140 heavy (non-hydrogen) atoms. The zero-order valence-electron chi connectivity index (χ0n) is 82.0. The number of aromatic nitrogens is 2. The van der Waals surface area contributed by atoms with Gasteiger partial charge < -0.3 is 79.4 Å². The third-order valence-corrected chi connectivity index (χ3v) is 28.8. The molecule has 780 valence electrons. The molecule has 29 nitrogen and oxygen atoms in total. The lowest BCUT2D eigenvalue weighted by Gasteiger charge is -2.32. The number of hydrogen-bond acceptors (Lipinski definition) is 26.